The third-order valence-electron chi connectivity index (χ3n) is 3.32. The number of piperazine rings is 1. The van der Waals surface area contributed by atoms with Crippen LogP contribution in [0, 0.1) is 6.92 Å². The molecule has 1 unspecified atom stereocenters. The van der Waals surface area contributed by atoms with Crippen molar-refractivity contribution in [1.82, 2.24) is 19.4 Å². The first-order chi connectivity index (χ1) is 7.56. The summed E-state index contributed by atoms with van der Waals surface area (Å²) in [4.78, 5) is 8.99. The van der Waals surface area contributed by atoms with Gasteiger partial charge in [-0.15, -0.1) is 0 Å². The van der Waals surface area contributed by atoms with Crippen LogP contribution in [0.25, 0.3) is 0 Å². The van der Waals surface area contributed by atoms with Crippen molar-refractivity contribution in [1.29, 1.82) is 0 Å². The molecule has 0 saturated carbocycles. The fourth-order valence-corrected chi connectivity index (χ4v) is 2.24. The zero-order valence-electron chi connectivity index (χ0n) is 10.3. The molecule has 1 aliphatic heterocycles. The van der Waals surface area contributed by atoms with Crippen molar-refractivity contribution in [3.63, 3.8) is 0 Å². The molecule has 2 heterocycles. The minimum absolute atomic E-state index is 0.523. The Bertz CT molecular complexity index is 359. The summed E-state index contributed by atoms with van der Waals surface area (Å²) >= 11 is 0. The molecule has 16 heavy (non-hydrogen) atoms. The van der Waals surface area contributed by atoms with Crippen LogP contribution in [-0.4, -0.2) is 59.1 Å². The minimum atomic E-state index is 0.523. The lowest BCUT2D eigenvalue weighted by Gasteiger charge is -2.37. The standard InChI is InChI=1S/C11H21N5/c1-9-6-16(11(12)13-9)8-10-7-14(2)4-5-15(10)3/h6,10H,4-5,7-8H2,1-3H3,(H2,12,13). The lowest BCUT2D eigenvalue weighted by Crippen LogP contribution is -2.51. The van der Waals surface area contributed by atoms with Crippen molar-refractivity contribution in [3.05, 3.63) is 11.9 Å². The van der Waals surface area contributed by atoms with Crippen LogP contribution < -0.4 is 5.73 Å². The monoisotopic (exact) mass is 223 g/mol. The lowest BCUT2D eigenvalue weighted by atomic mass is 10.2. The first-order valence-corrected chi connectivity index (χ1v) is 5.74. The molecular formula is C11H21N5. The van der Waals surface area contributed by atoms with Crippen molar-refractivity contribution in [2.45, 2.75) is 19.5 Å². The zero-order valence-corrected chi connectivity index (χ0v) is 10.3. The quantitative estimate of drug-likeness (QED) is 0.768. The Morgan fingerprint density at radius 3 is 2.81 bits per heavy atom. The van der Waals surface area contributed by atoms with Crippen LogP contribution in [0.3, 0.4) is 0 Å². The number of hydrogen-bond donors (Lipinski definition) is 1. The Morgan fingerprint density at radius 1 is 1.44 bits per heavy atom. The zero-order chi connectivity index (χ0) is 11.7. The molecule has 0 spiro atoms. The van der Waals surface area contributed by atoms with Gasteiger partial charge < -0.3 is 15.2 Å². The summed E-state index contributed by atoms with van der Waals surface area (Å²) in [6, 6.07) is 0.523. The van der Waals surface area contributed by atoms with E-state index in [4.69, 9.17) is 5.73 Å². The van der Waals surface area contributed by atoms with E-state index >= 15 is 0 Å². The summed E-state index contributed by atoms with van der Waals surface area (Å²) in [5.41, 5.74) is 6.85. The van der Waals surface area contributed by atoms with E-state index in [1.807, 2.05) is 13.1 Å². The van der Waals surface area contributed by atoms with Crippen molar-refractivity contribution in [2.75, 3.05) is 39.5 Å². The van der Waals surface area contributed by atoms with Gasteiger partial charge in [0.25, 0.3) is 0 Å². The lowest BCUT2D eigenvalue weighted by molar-refractivity contribution is 0.103. The number of nitrogen functional groups attached to an aromatic ring is 1. The summed E-state index contributed by atoms with van der Waals surface area (Å²) in [5.74, 6) is 0.624. The van der Waals surface area contributed by atoms with Crippen LogP contribution in [0.15, 0.2) is 6.20 Å². The number of anilines is 1. The average molecular weight is 223 g/mol. The van der Waals surface area contributed by atoms with E-state index in [1.54, 1.807) is 0 Å². The van der Waals surface area contributed by atoms with Gasteiger partial charge in [0.15, 0.2) is 5.95 Å². The van der Waals surface area contributed by atoms with Crippen LogP contribution in [-0.2, 0) is 6.54 Å². The number of hydrogen-bond acceptors (Lipinski definition) is 4. The van der Waals surface area contributed by atoms with Gasteiger partial charge in [0.05, 0.1) is 5.69 Å². The first kappa shape index (κ1) is 11.4. The maximum Gasteiger partial charge on any atom is 0.200 e. The highest BCUT2D eigenvalue weighted by molar-refractivity contribution is 5.21. The maximum absolute atomic E-state index is 5.86. The summed E-state index contributed by atoms with van der Waals surface area (Å²) in [6.45, 7) is 6.25. The number of rotatable bonds is 2. The second-order valence-corrected chi connectivity index (χ2v) is 4.79. The molecule has 0 amide bonds. The molecule has 5 nitrogen and oxygen atoms in total. The highest BCUT2D eigenvalue weighted by Crippen LogP contribution is 2.11. The van der Waals surface area contributed by atoms with Crippen LogP contribution in [0.5, 0.6) is 0 Å². The number of aromatic nitrogens is 2. The van der Waals surface area contributed by atoms with Crippen LogP contribution >= 0.6 is 0 Å². The Hall–Kier alpha value is -1.07. The van der Waals surface area contributed by atoms with Crippen molar-refractivity contribution in [2.24, 2.45) is 0 Å². The van der Waals surface area contributed by atoms with Crippen LogP contribution in [0.1, 0.15) is 5.69 Å². The molecule has 2 rings (SSSR count). The number of nitrogens with two attached hydrogens (primary N) is 1. The van der Waals surface area contributed by atoms with Gasteiger partial charge in [0.1, 0.15) is 0 Å². The largest absolute Gasteiger partial charge is 0.369 e. The Balaban J connectivity index is 2.05. The molecule has 1 aromatic heterocycles. The molecule has 90 valence electrons. The molecular weight excluding hydrogens is 202 g/mol. The molecule has 1 atom stereocenters. The molecule has 0 aromatic carbocycles. The van der Waals surface area contributed by atoms with Gasteiger partial charge in [-0.25, -0.2) is 4.98 Å². The molecule has 0 bridgehead atoms. The summed E-state index contributed by atoms with van der Waals surface area (Å²) in [7, 11) is 4.35. The van der Waals surface area contributed by atoms with E-state index in [-0.39, 0.29) is 0 Å². The van der Waals surface area contributed by atoms with Crippen molar-refractivity contribution >= 4 is 5.95 Å². The fraction of sp³-hybridized carbons (Fsp3) is 0.727. The third-order valence-corrected chi connectivity index (χ3v) is 3.32. The smallest absolute Gasteiger partial charge is 0.200 e. The van der Waals surface area contributed by atoms with Gasteiger partial charge in [0, 0.05) is 38.4 Å². The topological polar surface area (TPSA) is 50.3 Å². The van der Waals surface area contributed by atoms with Gasteiger partial charge in [-0.3, -0.25) is 4.90 Å². The van der Waals surface area contributed by atoms with E-state index in [0.717, 1.165) is 31.9 Å². The molecule has 1 saturated heterocycles. The second-order valence-electron chi connectivity index (χ2n) is 4.79. The Morgan fingerprint density at radius 2 is 2.19 bits per heavy atom. The number of nitrogens with zero attached hydrogens (tertiary/aromatic N) is 4. The molecule has 1 fully saturated rings. The molecule has 0 radical (unpaired) electrons. The van der Waals surface area contributed by atoms with Gasteiger partial charge in [0.2, 0.25) is 0 Å². The number of imidazole rings is 1. The van der Waals surface area contributed by atoms with E-state index in [1.165, 1.54) is 0 Å². The third kappa shape index (κ3) is 2.36. The fourth-order valence-electron chi connectivity index (χ4n) is 2.24. The summed E-state index contributed by atoms with van der Waals surface area (Å²) < 4.78 is 2.05. The SMILES string of the molecule is Cc1cn(CC2CN(C)CCN2C)c(N)n1. The summed E-state index contributed by atoms with van der Waals surface area (Å²) in [6.07, 6.45) is 2.03. The van der Waals surface area contributed by atoms with Crippen molar-refractivity contribution < 1.29 is 0 Å². The van der Waals surface area contributed by atoms with Gasteiger partial charge >= 0.3 is 0 Å². The highest BCUT2D eigenvalue weighted by atomic mass is 15.3. The second kappa shape index (κ2) is 4.43. The van der Waals surface area contributed by atoms with Crippen LogP contribution in [0.4, 0.5) is 5.95 Å². The van der Waals surface area contributed by atoms with Crippen molar-refractivity contribution in [3.8, 4) is 0 Å². The number of likely N-dealkylation sites (N-methyl/N-ethyl adjacent to an activating group) is 2. The minimum Gasteiger partial charge on any atom is -0.369 e. The first-order valence-electron chi connectivity index (χ1n) is 5.74. The Kier molecular flexibility index (Phi) is 3.16. The van der Waals surface area contributed by atoms with Gasteiger partial charge in [-0.2, -0.15) is 0 Å². The van der Waals surface area contributed by atoms with E-state index in [0.29, 0.717) is 12.0 Å². The van der Waals surface area contributed by atoms with E-state index in [9.17, 15) is 0 Å². The predicted molar refractivity (Wildman–Crippen MR) is 65.3 cm³/mol. The van der Waals surface area contributed by atoms with Crippen LogP contribution in [0.2, 0.25) is 0 Å². The average Bonchev–Trinajstić information content (AvgIpc) is 2.51. The highest BCUT2D eigenvalue weighted by Gasteiger charge is 2.22. The van der Waals surface area contributed by atoms with Gasteiger partial charge in [-0.05, 0) is 21.0 Å². The normalized spacial score (nSPS) is 23.8. The summed E-state index contributed by atoms with van der Waals surface area (Å²) in [5, 5.41) is 0. The maximum atomic E-state index is 5.86. The molecule has 2 N–H and O–H groups in total. The molecule has 5 heteroatoms. The van der Waals surface area contributed by atoms with E-state index < -0.39 is 0 Å². The Labute approximate surface area is 96.8 Å². The van der Waals surface area contributed by atoms with E-state index in [2.05, 4.69) is 33.4 Å². The molecule has 1 aromatic rings. The number of aryl methyl sites for hydroxylation is 1. The molecule has 1 aliphatic rings. The van der Waals surface area contributed by atoms with Gasteiger partial charge in [-0.1, -0.05) is 0 Å². The molecule has 0 aliphatic carbocycles. The predicted octanol–water partition coefficient (Wildman–Crippen LogP) is 0.0195.